The summed E-state index contributed by atoms with van der Waals surface area (Å²) in [5.74, 6) is 1.14. The molecule has 1 saturated heterocycles. The van der Waals surface area contributed by atoms with Gasteiger partial charge in [-0.3, -0.25) is 9.78 Å². The maximum Gasteiger partial charge on any atom is 0.255 e. The van der Waals surface area contributed by atoms with Crippen LogP contribution in [0.15, 0.2) is 43.0 Å². The molecule has 0 aromatic carbocycles. The van der Waals surface area contributed by atoms with Crippen molar-refractivity contribution in [1.29, 1.82) is 0 Å². The molecule has 0 bridgehead atoms. The van der Waals surface area contributed by atoms with E-state index in [2.05, 4.69) is 15.0 Å². The lowest BCUT2D eigenvalue weighted by molar-refractivity contribution is 0.0732. The van der Waals surface area contributed by atoms with E-state index in [9.17, 15) is 4.79 Å². The van der Waals surface area contributed by atoms with Crippen molar-refractivity contribution in [3.8, 4) is 17.0 Å². The summed E-state index contributed by atoms with van der Waals surface area (Å²) in [6, 6.07) is 5.33. The number of carbonyl (C=O) groups is 1. The minimum Gasteiger partial charge on any atom is -0.481 e. The lowest BCUT2D eigenvalue weighted by Crippen LogP contribution is -2.31. The predicted molar refractivity (Wildman–Crippen MR) is 109 cm³/mol. The van der Waals surface area contributed by atoms with E-state index < -0.39 is 0 Å². The van der Waals surface area contributed by atoms with Crippen molar-refractivity contribution in [2.45, 2.75) is 32.7 Å². The number of hydrogen-bond donors (Lipinski definition) is 0. The Morgan fingerprint density at radius 3 is 2.69 bits per heavy atom. The fourth-order valence-electron chi connectivity index (χ4n) is 3.81. The molecule has 29 heavy (non-hydrogen) atoms. The molecule has 1 atom stereocenters. The number of pyridine rings is 2. The van der Waals surface area contributed by atoms with Gasteiger partial charge in [0.25, 0.3) is 5.91 Å². The number of likely N-dealkylation sites (tertiary alicyclic amines) is 1. The van der Waals surface area contributed by atoms with E-state index in [1.54, 1.807) is 31.6 Å². The smallest absolute Gasteiger partial charge is 0.255 e. The summed E-state index contributed by atoms with van der Waals surface area (Å²) in [4.78, 5) is 32.7. The first-order chi connectivity index (χ1) is 14.1. The van der Waals surface area contributed by atoms with Gasteiger partial charge in [-0.15, -0.1) is 0 Å². The minimum absolute atomic E-state index is 0.0451. The molecule has 0 spiro atoms. The molecule has 3 aromatic heterocycles. The van der Waals surface area contributed by atoms with Gasteiger partial charge in [0.2, 0.25) is 5.88 Å². The Hall–Kier alpha value is -3.35. The van der Waals surface area contributed by atoms with Crippen LogP contribution in [0.4, 0.5) is 0 Å². The molecule has 1 unspecified atom stereocenters. The molecule has 0 aliphatic carbocycles. The van der Waals surface area contributed by atoms with Crippen molar-refractivity contribution in [3.63, 3.8) is 0 Å². The van der Waals surface area contributed by atoms with E-state index in [1.165, 1.54) is 0 Å². The molecule has 7 nitrogen and oxygen atoms in total. The molecule has 0 N–H and O–H groups in total. The molecule has 4 rings (SSSR count). The highest BCUT2D eigenvalue weighted by Gasteiger charge is 2.34. The van der Waals surface area contributed by atoms with Crippen molar-refractivity contribution >= 4 is 5.91 Å². The van der Waals surface area contributed by atoms with Crippen molar-refractivity contribution in [2.24, 2.45) is 0 Å². The Labute approximate surface area is 169 Å². The number of hydrogen-bond acceptors (Lipinski definition) is 6. The van der Waals surface area contributed by atoms with Crippen LogP contribution in [0.3, 0.4) is 0 Å². The molecule has 1 fully saturated rings. The second kappa shape index (κ2) is 7.95. The number of aromatic nitrogens is 4. The SMILES string of the molecule is COc1ccc(C(=O)N2CCCC2c2nc(C)ncc2-c2ccncc2C)cn1. The third-order valence-corrected chi connectivity index (χ3v) is 5.27. The summed E-state index contributed by atoms with van der Waals surface area (Å²) in [5, 5.41) is 0. The summed E-state index contributed by atoms with van der Waals surface area (Å²) in [5.41, 5.74) is 4.48. The van der Waals surface area contributed by atoms with Crippen LogP contribution in [0.5, 0.6) is 5.88 Å². The van der Waals surface area contributed by atoms with Gasteiger partial charge in [-0.2, -0.15) is 0 Å². The molecule has 4 heterocycles. The molecule has 0 radical (unpaired) electrons. The van der Waals surface area contributed by atoms with Crippen molar-refractivity contribution < 1.29 is 9.53 Å². The van der Waals surface area contributed by atoms with Crippen LogP contribution in [0.2, 0.25) is 0 Å². The zero-order valence-corrected chi connectivity index (χ0v) is 16.8. The summed E-state index contributed by atoms with van der Waals surface area (Å²) >= 11 is 0. The Kier molecular flexibility index (Phi) is 5.20. The third-order valence-electron chi connectivity index (χ3n) is 5.27. The maximum absolute atomic E-state index is 13.2. The summed E-state index contributed by atoms with van der Waals surface area (Å²) in [6.45, 7) is 4.58. The van der Waals surface area contributed by atoms with Crippen molar-refractivity contribution in [3.05, 3.63) is 65.6 Å². The highest BCUT2D eigenvalue weighted by molar-refractivity contribution is 5.94. The monoisotopic (exact) mass is 389 g/mol. The second-order valence-corrected chi connectivity index (χ2v) is 7.15. The Balaban J connectivity index is 1.73. The number of ether oxygens (including phenoxy) is 1. The van der Waals surface area contributed by atoms with Gasteiger partial charge in [0.15, 0.2) is 0 Å². The molecule has 148 valence electrons. The molecular formula is C22H23N5O2. The number of aryl methyl sites for hydroxylation is 2. The van der Waals surface area contributed by atoms with Gasteiger partial charge < -0.3 is 9.64 Å². The third kappa shape index (κ3) is 3.68. The van der Waals surface area contributed by atoms with Crippen LogP contribution in [0.25, 0.3) is 11.1 Å². The summed E-state index contributed by atoms with van der Waals surface area (Å²) in [6.07, 6.45) is 8.82. The first-order valence-electron chi connectivity index (χ1n) is 9.64. The number of rotatable bonds is 4. The molecule has 1 amide bonds. The lowest BCUT2D eigenvalue weighted by Gasteiger charge is -2.26. The fourth-order valence-corrected chi connectivity index (χ4v) is 3.81. The van der Waals surface area contributed by atoms with Gasteiger partial charge in [-0.25, -0.2) is 15.0 Å². The van der Waals surface area contributed by atoms with E-state index in [-0.39, 0.29) is 11.9 Å². The fraction of sp³-hybridized carbons (Fsp3) is 0.318. The van der Waals surface area contributed by atoms with Crippen LogP contribution in [0, 0.1) is 13.8 Å². The second-order valence-electron chi connectivity index (χ2n) is 7.15. The average Bonchev–Trinajstić information content (AvgIpc) is 3.23. The number of methoxy groups -OCH3 is 1. The Morgan fingerprint density at radius 2 is 1.97 bits per heavy atom. The number of carbonyl (C=O) groups excluding carboxylic acids is 1. The van der Waals surface area contributed by atoms with Crippen molar-refractivity contribution in [1.82, 2.24) is 24.8 Å². The van der Waals surface area contributed by atoms with Gasteiger partial charge >= 0.3 is 0 Å². The molecule has 1 aliphatic rings. The van der Waals surface area contributed by atoms with Crippen molar-refractivity contribution in [2.75, 3.05) is 13.7 Å². The van der Waals surface area contributed by atoms with E-state index >= 15 is 0 Å². The van der Waals surface area contributed by atoms with E-state index in [0.29, 0.717) is 23.8 Å². The first-order valence-corrected chi connectivity index (χ1v) is 9.64. The predicted octanol–water partition coefficient (Wildman–Crippen LogP) is 3.54. The molecule has 3 aromatic rings. The quantitative estimate of drug-likeness (QED) is 0.679. The zero-order valence-electron chi connectivity index (χ0n) is 16.8. The zero-order chi connectivity index (χ0) is 20.4. The molecular weight excluding hydrogens is 366 g/mol. The van der Waals surface area contributed by atoms with Gasteiger partial charge in [0, 0.05) is 43.0 Å². The first kappa shape index (κ1) is 19.0. The minimum atomic E-state index is -0.103. The van der Waals surface area contributed by atoms with Crippen LogP contribution in [-0.2, 0) is 0 Å². The van der Waals surface area contributed by atoms with Crippen LogP contribution in [-0.4, -0.2) is 44.4 Å². The van der Waals surface area contributed by atoms with Crippen LogP contribution in [0.1, 0.15) is 46.3 Å². The Bertz CT molecular complexity index is 1040. The summed E-state index contributed by atoms with van der Waals surface area (Å²) < 4.78 is 5.10. The number of amides is 1. The van der Waals surface area contributed by atoms with E-state index in [4.69, 9.17) is 9.72 Å². The molecule has 7 heteroatoms. The van der Waals surface area contributed by atoms with Crippen LogP contribution >= 0.6 is 0 Å². The normalized spacial score (nSPS) is 16.1. The van der Waals surface area contributed by atoms with E-state index in [0.717, 1.165) is 35.2 Å². The summed E-state index contributed by atoms with van der Waals surface area (Å²) in [7, 11) is 1.56. The highest BCUT2D eigenvalue weighted by atomic mass is 16.5. The largest absolute Gasteiger partial charge is 0.481 e. The Morgan fingerprint density at radius 1 is 1.10 bits per heavy atom. The lowest BCUT2D eigenvalue weighted by atomic mass is 9.97. The highest BCUT2D eigenvalue weighted by Crippen LogP contribution is 2.37. The maximum atomic E-state index is 13.2. The standard InChI is InChI=1S/C22H23N5O2/c1-14-11-23-9-8-17(14)18-13-24-15(2)26-21(18)19-5-4-10-27(19)22(28)16-6-7-20(29-3)25-12-16/h6-9,11-13,19H,4-5,10H2,1-3H3. The van der Waals surface area contributed by atoms with Crippen LogP contribution < -0.4 is 4.74 Å². The van der Waals surface area contributed by atoms with Gasteiger partial charge in [0.1, 0.15) is 5.82 Å². The molecule has 1 aliphatic heterocycles. The molecule has 0 saturated carbocycles. The van der Waals surface area contributed by atoms with Gasteiger partial charge in [0.05, 0.1) is 24.4 Å². The average molecular weight is 389 g/mol. The van der Waals surface area contributed by atoms with E-state index in [1.807, 2.05) is 37.2 Å². The number of nitrogens with zero attached hydrogens (tertiary/aromatic N) is 5. The van der Waals surface area contributed by atoms with Gasteiger partial charge in [-0.1, -0.05) is 0 Å². The van der Waals surface area contributed by atoms with Gasteiger partial charge in [-0.05, 0) is 49.9 Å². The topological polar surface area (TPSA) is 81.1 Å².